The van der Waals surface area contributed by atoms with Crippen LogP contribution in [0.2, 0.25) is 0 Å². The Morgan fingerprint density at radius 2 is 1.26 bits per heavy atom. The van der Waals surface area contributed by atoms with Crippen LogP contribution in [0.25, 0.3) is 0 Å². The first kappa shape index (κ1) is 18.0. The third-order valence-electron chi connectivity index (χ3n) is 4.13. The van der Waals surface area contributed by atoms with Crippen LogP contribution in [0, 0.1) is 6.92 Å². The molecule has 0 aliphatic heterocycles. The molecule has 0 aliphatic carbocycles. The first-order chi connectivity index (χ1) is 12.9. The van der Waals surface area contributed by atoms with Crippen molar-refractivity contribution in [3.05, 3.63) is 83.4 Å². The van der Waals surface area contributed by atoms with Crippen molar-refractivity contribution in [3.63, 3.8) is 0 Å². The largest absolute Gasteiger partial charge is 0.508 e. The van der Waals surface area contributed by atoms with E-state index in [0.717, 1.165) is 0 Å². The number of nitrogens with zero attached hydrogens (tertiary/aromatic N) is 1. The molecule has 0 bridgehead atoms. The molecule has 0 saturated carbocycles. The molecule has 0 aromatic heterocycles. The maximum atomic E-state index is 13.2. The average Bonchev–Trinajstić information content (AvgIpc) is 2.65. The number of carbonyl (C=O) groups is 2. The average molecular weight is 363 g/mol. The summed E-state index contributed by atoms with van der Waals surface area (Å²) in [6, 6.07) is 16.6. The molecule has 0 aliphatic rings. The molecule has 0 atom stereocenters. The first-order valence-corrected chi connectivity index (χ1v) is 8.13. The Kier molecular flexibility index (Phi) is 4.81. The number of rotatable bonds is 4. The Morgan fingerprint density at radius 1 is 0.778 bits per heavy atom. The van der Waals surface area contributed by atoms with Crippen molar-refractivity contribution in [2.45, 2.75) is 6.92 Å². The number of hydrogen-bond donors (Lipinski definition) is 3. The molecule has 3 aromatic carbocycles. The van der Waals surface area contributed by atoms with Gasteiger partial charge in [-0.15, -0.1) is 0 Å². The number of aromatic hydroxyl groups is 2. The molecule has 3 rings (SSSR count). The van der Waals surface area contributed by atoms with Crippen molar-refractivity contribution in [1.82, 2.24) is 0 Å². The van der Waals surface area contributed by atoms with Gasteiger partial charge in [0.15, 0.2) is 0 Å². The molecule has 0 unspecified atom stereocenters. The van der Waals surface area contributed by atoms with Crippen LogP contribution in [0.4, 0.5) is 11.4 Å². The smallest absolute Gasteiger partial charge is 0.335 e. The molecule has 27 heavy (non-hydrogen) atoms. The second kappa shape index (κ2) is 7.21. The summed E-state index contributed by atoms with van der Waals surface area (Å²) >= 11 is 0. The van der Waals surface area contributed by atoms with Crippen molar-refractivity contribution in [3.8, 4) is 11.5 Å². The van der Waals surface area contributed by atoms with Crippen LogP contribution in [0.5, 0.6) is 11.5 Å². The van der Waals surface area contributed by atoms with E-state index in [1.807, 2.05) is 0 Å². The van der Waals surface area contributed by atoms with E-state index >= 15 is 0 Å². The lowest BCUT2D eigenvalue weighted by Gasteiger charge is -2.23. The predicted molar refractivity (Wildman–Crippen MR) is 101 cm³/mol. The fourth-order valence-corrected chi connectivity index (χ4v) is 2.70. The highest BCUT2D eigenvalue weighted by Gasteiger charge is 2.21. The Labute approximate surface area is 155 Å². The summed E-state index contributed by atoms with van der Waals surface area (Å²) in [5, 5.41) is 28.4. The van der Waals surface area contributed by atoms with Gasteiger partial charge in [0.25, 0.3) is 5.91 Å². The van der Waals surface area contributed by atoms with Crippen LogP contribution in [0.3, 0.4) is 0 Å². The Bertz CT molecular complexity index is 949. The van der Waals surface area contributed by atoms with Crippen molar-refractivity contribution in [2.75, 3.05) is 4.90 Å². The monoisotopic (exact) mass is 363 g/mol. The van der Waals surface area contributed by atoms with Crippen LogP contribution in [-0.4, -0.2) is 27.2 Å². The van der Waals surface area contributed by atoms with Gasteiger partial charge in [0.1, 0.15) is 11.5 Å². The van der Waals surface area contributed by atoms with Crippen LogP contribution in [0.1, 0.15) is 26.3 Å². The van der Waals surface area contributed by atoms with Gasteiger partial charge >= 0.3 is 5.97 Å². The highest BCUT2D eigenvalue weighted by molar-refractivity contribution is 6.11. The maximum Gasteiger partial charge on any atom is 0.335 e. The molecule has 0 fully saturated rings. The Hall–Kier alpha value is -3.80. The molecule has 0 heterocycles. The number of phenolic OH excluding ortho intramolecular Hbond substituents is 2. The first-order valence-electron chi connectivity index (χ1n) is 8.13. The number of benzene rings is 3. The van der Waals surface area contributed by atoms with E-state index in [2.05, 4.69) is 0 Å². The van der Waals surface area contributed by atoms with Crippen molar-refractivity contribution in [2.24, 2.45) is 0 Å². The lowest BCUT2D eigenvalue weighted by molar-refractivity contribution is 0.0696. The number of aromatic carboxylic acids is 1. The zero-order valence-corrected chi connectivity index (χ0v) is 14.5. The van der Waals surface area contributed by atoms with Crippen LogP contribution in [-0.2, 0) is 0 Å². The van der Waals surface area contributed by atoms with E-state index in [1.54, 1.807) is 43.3 Å². The third kappa shape index (κ3) is 3.74. The van der Waals surface area contributed by atoms with E-state index in [9.17, 15) is 24.9 Å². The number of carboxylic acids is 1. The minimum Gasteiger partial charge on any atom is -0.508 e. The molecule has 3 aromatic rings. The number of anilines is 2. The van der Waals surface area contributed by atoms with Gasteiger partial charge < -0.3 is 15.3 Å². The molecular weight excluding hydrogens is 346 g/mol. The number of amides is 1. The van der Waals surface area contributed by atoms with Gasteiger partial charge in [-0.1, -0.05) is 6.07 Å². The van der Waals surface area contributed by atoms with Crippen LogP contribution < -0.4 is 4.90 Å². The predicted octanol–water partition coefficient (Wildman–Crippen LogP) is 4.08. The second-order valence-electron chi connectivity index (χ2n) is 6.01. The topological polar surface area (TPSA) is 98.1 Å². The quantitative estimate of drug-likeness (QED) is 0.649. The standard InChI is InChI=1S/C21H17NO5/c1-13-2-3-14(12-19(13)21(26)27)20(25)22(15-4-8-17(23)9-5-15)16-6-10-18(24)11-7-16/h2-12,23-24H,1H3,(H,26,27). The molecule has 0 radical (unpaired) electrons. The molecule has 0 saturated heterocycles. The summed E-state index contributed by atoms with van der Waals surface area (Å²) in [6.45, 7) is 1.66. The summed E-state index contributed by atoms with van der Waals surface area (Å²) in [4.78, 5) is 26.0. The van der Waals surface area contributed by atoms with E-state index in [0.29, 0.717) is 16.9 Å². The van der Waals surface area contributed by atoms with Gasteiger partial charge in [0, 0.05) is 16.9 Å². The number of carboxylic acid groups (broad SMARTS) is 1. The van der Waals surface area contributed by atoms with Crippen molar-refractivity contribution in [1.29, 1.82) is 0 Å². The molecule has 136 valence electrons. The minimum absolute atomic E-state index is 0.0530. The van der Waals surface area contributed by atoms with Gasteiger partial charge in [-0.05, 0) is 73.2 Å². The van der Waals surface area contributed by atoms with Crippen LogP contribution >= 0.6 is 0 Å². The lowest BCUT2D eigenvalue weighted by Crippen LogP contribution is -2.26. The maximum absolute atomic E-state index is 13.2. The van der Waals surface area contributed by atoms with Gasteiger partial charge in [0.05, 0.1) is 5.56 Å². The number of carbonyl (C=O) groups excluding carboxylic acids is 1. The van der Waals surface area contributed by atoms with E-state index in [-0.39, 0.29) is 22.6 Å². The second-order valence-corrected chi connectivity index (χ2v) is 6.01. The van der Waals surface area contributed by atoms with Crippen molar-refractivity contribution >= 4 is 23.3 Å². The molecule has 1 amide bonds. The fourth-order valence-electron chi connectivity index (χ4n) is 2.70. The van der Waals surface area contributed by atoms with Crippen molar-refractivity contribution < 1.29 is 24.9 Å². The highest BCUT2D eigenvalue weighted by atomic mass is 16.4. The minimum atomic E-state index is -1.11. The highest BCUT2D eigenvalue weighted by Crippen LogP contribution is 2.30. The van der Waals surface area contributed by atoms with Gasteiger partial charge in [-0.2, -0.15) is 0 Å². The van der Waals surface area contributed by atoms with E-state index in [4.69, 9.17) is 0 Å². The van der Waals surface area contributed by atoms with Crippen LogP contribution in [0.15, 0.2) is 66.7 Å². The van der Waals surface area contributed by atoms with E-state index < -0.39 is 11.9 Å². The zero-order chi connectivity index (χ0) is 19.6. The summed E-state index contributed by atoms with van der Waals surface area (Å²) in [7, 11) is 0. The number of phenols is 2. The number of hydrogen-bond acceptors (Lipinski definition) is 4. The summed E-state index contributed by atoms with van der Waals surface area (Å²) in [6.07, 6.45) is 0. The summed E-state index contributed by atoms with van der Waals surface area (Å²) in [5.41, 5.74) is 1.79. The molecular formula is C21H17NO5. The zero-order valence-electron chi connectivity index (χ0n) is 14.5. The molecule has 0 spiro atoms. The SMILES string of the molecule is Cc1ccc(C(=O)N(c2ccc(O)cc2)c2ccc(O)cc2)cc1C(=O)O. The Morgan fingerprint density at radius 3 is 1.70 bits per heavy atom. The summed E-state index contributed by atoms with van der Waals surface area (Å²) in [5.74, 6) is -1.43. The van der Waals surface area contributed by atoms with Gasteiger partial charge in [0.2, 0.25) is 0 Å². The van der Waals surface area contributed by atoms with E-state index in [1.165, 1.54) is 35.2 Å². The van der Waals surface area contributed by atoms with Gasteiger partial charge in [-0.25, -0.2) is 4.79 Å². The normalized spacial score (nSPS) is 10.4. The summed E-state index contributed by atoms with van der Waals surface area (Å²) < 4.78 is 0. The molecule has 6 nitrogen and oxygen atoms in total. The third-order valence-corrected chi connectivity index (χ3v) is 4.13. The van der Waals surface area contributed by atoms with Gasteiger partial charge in [-0.3, -0.25) is 9.69 Å². The molecule has 3 N–H and O–H groups in total. The lowest BCUT2D eigenvalue weighted by atomic mass is 10.0. The Balaban J connectivity index is 2.11. The fraction of sp³-hybridized carbons (Fsp3) is 0.0476. The number of aryl methyl sites for hydroxylation is 1. The molecule has 6 heteroatoms.